The van der Waals surface area contributed by atoms with Gasteiger partial charge in [0.25, 0.3) is 5.56 Å². The average Bonchev–Trinajstić information content (AvgIpc) is 2.71. The van der Waals surface area contributed by atoms with Gasteiger partial charge in [0, 0.05) is 5.92 Å². The van der Waals surface area contributed by atoms with Gasteiger partial charge in [0.2, 0.25) is 5.88 Å². The third-order valence-electron chi connectivity index (χ3n) is 3.18. The number of hydrogen-bond acceptors (Lipinski definition) is 3. The Bertz CT molecular complexity index is 594. The Balaban J connectivity index is 1.96. The van der Waals surface area contributed by atoms with Crippen LogP contribution in [0.3, 0.4) is 0 Å². The van der Waals surface area contributed by atoms with Crippen LogP contribution in [0.1, 0.15) is 22.9 Å². The quantitative estimate of drug-likeness (QED) is 0.774. The Morgan fingerprint density at radius 2 is 1.88 bits per heavy atom. The fourth-order valence-electron chi connectivity index (χ4n) is 2.41. The molecule has 1 heterocycles. The van der Waals surface area contributed by atoms with E-state index < -0.39 is 0 Å². The molecule has 0 unspecified atom stereocenters. The van der Waals surface area contributed by atoms with Crippen molar-refractivity contribution in [1.82, 2.24) is 9.97 Å². The normalized spacial score (nSPS) is 14.8. The van der Waals surface area contributed by atoms with Gasteiger partial charge in [0.15, 0.2) is 0 Å². The molecule has 86 valence electrons. The van der Waals surface area contributed by atoms with Gasteiger partial charge in [-0.3, -0.25) is 4.79 Å². The fourth-order valence-corrected chi connectivity index (χ4v) is 2.41. The minimum Gasteiger partial charge on any atom is -0.493 e. The molecule has 0 saturated heterocycles. The predicted octanol–water partition coefficient (Wildman–Crippen LogP) is 1.36. The Hall–Kier alpha value is -2.10. The Morgan fingerprint density at radius 3 is 2.47 bits per heavy atom. The molecule has 0 amide bonds. The summed E-state index contributed by atoms with van der Waals surface area (Å²) in [4.78, 5) is 18.0. The molecule has 0 saturated carbocycles. The van der Waals surface area contributed by atoms with Gasteiger partial charge in [-0.15, -0.1) is 0 Å². The van der Waals surface area contributed by atoms with Crippen molar-refractivity contribution in [3.8, 4) is 5.88 Å². The van der Waals surface area contributed by atoms with Crippen LogP contribution in [0.5, 0.6) is 5.88 Å². The molecule has 4 nitrogen and oxygen atoms in total. The highest BCUT2D eigenvalue weighted by Gasteiger charge is 2.24. The fraction of sp³-hybridized carbons (Fsp3) is 0.231. The summed E-state index contributed by atoms with van der Waals surface area (Å²) >= 11 is 0. The zero-order chi connectivity index (χ0) is 11.8. The monoisotopic (exact) mass is 228 g/mol. The number of aromatic amines is 1. The molecule has 17 heavy (non-hydrogen) atoms. The van der Waals surface area contributed by atoms with Gasteiger partial charge >= 0.3 is 0 Å². The van der Waals surface area contributed by atoms with E-state index >= 15 is 0 Å². The molecule has 4 heteroatoms. The van der Waals surface area contributed by atoms with Crippen LogP contribution in [0.15, 0.2) is 35.1 Å². The van der Waals surface area contributed by atoms with Gasteiger partial charge < -0.3 is 10.1 Å². The molecule has 0 atom stereocenters. The second-order valence-electron chi connectivity index (χ2n) is 4.36. The first-order chi connectivity index (χ1) is 8.22. The van der Waals surface area contributed by atoms with Crippen LogP contribution in [0.25, 0.3) is 0 Å². The SMILES string of the molecule is O=c1cc(O)nc(C2Cc3ccccc3C2)[nH]1. The topological polar surface area (TPSA) is 66.0 Å². The maximum absolute atomic E-state index is 11.3. The summed E-state index contributed by atoms with van der Waals surface area (Å²) in [5.74, 6) is 0.526. The number of aromatic hydroxyl groups is 1. The number of hydrogen-bond donors (Lipinski definition) is 2. The van der Waals surface area contributed by atoms with Crippen LogP contribution in [-0.2, 0) is 12.8 Å². The first-order valence-corrected chi connectivity index (χ1v) is 5.59. The third kappa shape index (κ3) is 1.82. The lowest BCUT2D eigenvalue weighted by atomic mass is 10.1. The molecule has 0 aliphatic heterocycles. The lowest BCUT2D eigenvalue weighted by Crippen LogP contribution is -2.13. The van der Waals surface area contributed by atoms with Gasteiger partial charge in [-0.25, -0.2) is 0 Å². The number of aromatic nitrogens is 2. The Kier molecular flexibility index (Phi) is 2.21. The molecular formula is C13H12N2O2. The van der Waals surface area contributed by atoms with E-state index in [2.05, 4.69) is 22.1 Å². The van der Waals surface area contributed by atoms with Crippen molar-refractivity contribution in [2.45, 2.75) is 18.8 Å². The highest BCUT2D eigenvalue weighted by molar-refractivity contribution is 5.35. The van der Waals surface area contributed by atoms with Crippen LogP contribution < -0.4 is 5.56 Å². The van der Waals surface area contributed by atoms with Crippen molar-refractivity contribution >= 4 is 0 Å². The van der Waals surface area contributed by atoms with Crippen molar-refractivity contribution in [3.63, 3.8) is 0 Å². The highest BCUT2D eigenvalue weighted by atomic mass is 16.3. The molecule has 0 fully saturated rings. The standard InChI is InChI=1S/C13H12N2O2/c16-11-7-12(17)15-13(14-11)10-5-8-3-1-2-4-9(8)6-10/h1-4,7,10H,5-6H2,(H2,14,15,16,17). The molecule has 1 aromatic heterocycles. The van der Waals surface area contributed by atoms with E-state index in [1.807, 2.05) is 12.1 Å². The summed E-state index contributed by atoms with van der Waals surface area (Å²) in [7, 11) is 0. The molecular weight excluding hydrogens is 216 g/mol. The van der Waals surface area contributed by atoms with Crippen LogP contribution in [0, 0.1) is 0 Å². The van der Waals surface area contributed by atoms with E-state index in [-0.39, 0.29) is 17.4 Å². The van der Waals surface area contributed by atoms with E-state index in [0.29, 0.717) is 5.82 Å². The van der Waals surface area contributed by atoms with Crippen molar-refractivity contribution < 1.29 is 5.11 Å². The molecule has 1 aromatic carbocycles. The summed E-state index contributed by atoms with van der Waals surface area (Å²) in [6.07, 6.45) is 1.73. The van der Waals surface area contributed by atoms with E-state index in [0.717, 1.165) is 18.9 Å². The number of fused-ring (bicyclic) bond motifs is 1. The number of benzene rings is 1. The van der Waals surface area contributed by atoms with E-state index in [1.165, 1.54) is 11.1 Å². The second-order valence-corrected chi connectivity index (χ2v) is 4.36. The largest absolute Gasteiger partial charge is 0.493 e. The van der Waals surface area contributed by atoms with E-state index in [4.69, 9.17) is 0 Å². The van der Waals surface area contributed by atoms with E-state index in [9.17, 15) is 9.90 Å². The smallest absolute Gasteiger partial charge is 0.254 e. The molecule has 1 aliphatic rings. The van der Waals surface area contributed by atoms with Crippen LogP contribution in [0.2, 0.25) is 0 Å². The Morgan fingerprint density at radius 1 is 1.24 bits per heavy atom. The second kappa shape index (κ2) is 3.73. The Labute approximate surface area is 98.0 Å². The number of rotatable bonds is 1. The summed E-state index contributed by atoms with van der Waals surface area (Å²) in [6, 6.07) is 9.30. The molecule has 0 radical (unpaired) electrons. The average molecular weight is 228 g/mol. The molecule has 1 aliphatic carbocycles. The van der Waals surface area contributed by atoms with Gasteiger partial charge in [-0.2, -0.15) is 4.98 Å². The summed E-state index contributed by atoms with van der Waals surface area (Å²) in [5, 5.41) is 9.34. The lowest BCUT2D eigenvalue weighted by Gasteiger charge is -2.07. The summed E-state index contributed by atoms with van der Waals surface area (Å²) in [5.41, 5.74) is 2.29. The zero-order valence-electron chi connectivity index (χ0n) is 9.18. The predicted molar refractivity (Wildman–Crippen MR) is 63.1 cm³/mol. The minimum absolute atomic E-state index is 0.159. The van der Waals surface area contributed by atoms with Crippen molar-refractivity contribution in [1.29, 1.82) is 0 Å². The lowest BCUT2D eigenvalue weighted by molar-refractivity contribution is 0.444. The van der Waals surface area contributed by atoms with Gasteiger partial charge in [0.1, 0.15) is 5.82 Å². The number of nitrogens with one attached hydrogen (secondary N) is 1. The van der Waals surface area contributed by atoms with Crippen LogP contribution in [0.4, 0.5) is 0 Å². The van der Waals surface area contributed by atoms with Gasteiger partial charge in [-0.1, -0.05) is 24.3 Å². The van der Waals surface area contributed by atoms with Crippen LogP contribution in [-0.4, -0.2) is 15.1 Å². The first kappa shape index (κ1) is 10.1. The van der Waals surface area contributed by atoms with Crippen molar-refractivity contribution in [3.05, 3.63) is 57.6 Å². The maximum atomic E-state index is 11.3. The van der Waals surface area contributed by atoms with E-state index in [1.54, 1.807) is 0 Å². The van der Waals surface area contributed by atoms with Crippen molar-refractivity contribution in [2.24, 2.45) is 0 Å². The highest BCUT2D eigenvalue weighted by Crippen LogP contribution is 2.31. The van der Waals surface area contributed by atoms with Crippen molar-refractivity contribution in [2.75, 3.05) is 0 Å². The molecule has 2 N–H and O–H groups in total. The third-order valence-corrected chi connectivity index (χ3v) is 3.18. The van der Waals surface area contributed by atoms with Gasteiger partial charge in [0.05, 0.1) is 6.07 Å². The molecule has 0 spiro atoms. The minimum atomic E-state index is -0.302. The molecule has 3 rings (SSSR count). The summed E-state index contributed by atoms with van der Waals surface area (Å²) < 4.78 is 0. The zero-order valence-corrected chi connectivity index (χ0v) is 9.18. The molecule has 0 bridgehead atoms. The number of nitrogens with zero attached hydrogens (tertiary/aromatic N) is 1. The molecule has 2 aromatic rings. The van der Waals surface area contributed by atoms with Gasteiger partial charge in [-0.05, 0) is 24.0 Å². The maximum Gasteiger partial charge on any atom is 0.254 e. The number of H-pyrrole nitrogens is 1. The first-order valence-electron chi connectivity index (χ1n) is 5.59. The van der Waals surface area contributed by atoms with Crippen LogP contribution >= 0.6 is 0 Å². The summed E-state index contributed by atoms with van der Waals surface area (Å²) in [6.45, 7) is 0.